The van der Waals surface area contributed by atoms with Crippen molar-refractivity contribution in [3.8, 4) is 16.9 Å². The van der Waals surface area contributed by atoms with Gasteiger partial charge in [0.05, 0.1) is 0 Å². The number of benzene rings is 3. The minimum absolute atomic E-state index is 0.267. The molecule has 0 aromatic heterocycles. The van der Waals surface area contributed by atoms with Crippen LogP contribution in [-0.4, -0.2) is 0 Å². The van der Waals surface area contributed by atoms with Gasteiger partial charge < -0.3 is 4.74 Å². The lowest BCUT2D eigenvalue weighted by Gasteiger charge is -2.28. The van der Waals surface area contributed by atoms with Crippen LogP contribution in [0.25, 0.3) is 11.1 Å². The number of hydrogen-bond acceptors (Lipinski definition) is 1. The monoisotopic (exact) mass is 420 g/mol. The first-order valence-corrected chi connectivity index (χ1v) is 11.4. The summed E-state index contributed by atoms with van der Waals surface area (Å²) < 4.78 is 33.0. The molecule has 1 nitrogen and oxygen atoms in total. The first kappa shape index (κ1) is 21.5. The summed E-state index contributed by atoms with van der Waals surface area (Å²) in [5.41, 5.74) is 4.01. The van der Waals surface area contributed by atoms with E-state index in [9.17, 15) is 8.78 Å². The van der Waals surface area contributed by atoms with E-state index in [4.69, 9.17) is 4.74 Å². The van der Waals surface area contributed by atoms with Gasteiger partial charge in [-0.3, -0.25) is 0 Å². The second-order valence-corrected chi connectivity index (χ2v) is 8.72. The highest BCUT2D eigenvalue weighted by Crippen LogP contribution is 2.38. The van der Waals surface area contributed by atoms with E-state index < -0.39 is 0 Å². The van der Waals surface area contributed by atoms with Gasteiger partial charge >= 0.3 is 0 Å². The quantitative estimate of drug-likeness (QED) is 0.374. The van der Waals surface area contributed by atoms with E-state index >= 15 is 0 Å². The third-order valence-corrected chi connectivity index (χ3v) is 6.45. The highest BCUT2D eigenvalue weighted by atomic mass is 19.1. The predicted molar refractivity (Wildman–Crippen MR) is 122 cm³/mol. The van der Waals surface area contributed by atoms with E-state index in [0.29, 0.717) is 11.7 Å². The zero-order valence-corrected chi connectivity index (χ0v) is 18.1. The van der Waals surface area contributed by atoms with E-state index in [-0.39, 0.29) is 18.2 Å². The van der Waals surface area contributed by atoms with Crippen molar-refractivity contribution in [2.45, 2.75) is 58.0 Å². The lowest BCUT2D eigenvalue weighted by molar-refractivity contribution is 0.304. The maximum absolute atomic E-state index is 14.2. The summed E-state index contributed by atoms with van der Waals surface area (Å²) in [6.07, 6.45) is 7.85. The van der Waals surface area contributed by atoms with E-state index in [2.05, 4.69) is 31.2 Å². The zero-order chi connectivity index (χ0) is 21.6. The molecule has 0 N–H and O–H groups in total. The average Bonchev–Trinajstić information content (AvgIpc) is 2.79. The second kappa shape index (κ2) is 10.1. The Labute approximate surface area is 184 Å². The molecule has 4 rings (SSSR count). The van der Waals surface area contributed by atoms with Crippen LogP contribution in [0.3, 0.4) is 0 Å². The fourth-order valence-electron chi connectivity index (χ4n) is 4.70. The van der Waals surface area contributed by atoms with E-state index in [0.717, 1.165) is 22.6 Å². The molecule has 3 aromatic rings. The van der Waals surface area contributed by atoms with E-state index in [1.807, 2.05) is 6.07 Å². The van der Waals surface area contributed by atoms with Crippen LogP contribution in [0.4, 0.5) is 8.78 Å². The standard InChI is InChI=1S/C28H30F2O/c1-2-3-20-4-8-22(9-5-20)23-10-12-24(13-11-23)25-16-27(30)18-28(17-25)31-19-21-6-14-26(29)15-7-21/h6-7,10-18,20,22H,2-5,8-9,19H2,1H3. The van der Waals surface area contributed by atoms with Crippen LogP contribution in [0, 0.1) is 17.6 Å². The zero-order valence-electron chi connectivity index (χ0n) is 18.1. The van der Waals surface area contributed by atoms with Crippen LogP contribution < -0.4 is 4.74 Å². The Balaban J connectivity index is 1.42. The molecule has 0 heterocycles. The van der Waals surface area contributed by atoms with Gasteiger partial charge in [-0.2, -0.15) is 0 Å². The molecule has 0 spiro atoms. The summed E-state index contributed by atoms with van der Waals surface area (Å²) in [4.78, 5) is 0. The predicted octanol–water partition coefficient (Wildman–Crippen LogP) is 8.28. The third-order valence-electron chi connectivity index (χ3n) is 6.45. The van der Waals surface area contributed by atoms with Gasteiger partial charge in [0.25, 0.3) is 0 Å². The maximum atomic E-state index is 14.2. The normalized spacial score (nSPS) is 18.7. The third kappa shape index (κ3) is 5.72. The van der Waals surface area contributed by atoms with Gasteiger partial charge in [0.1, 0.15) is 24.0 Å². The van der Waals surface area contributed by atoms with Gasteiger partial charge in [0, 0.05) is 6.07 Å². The van der Waals surface area contributed by atoms with Crippen molar-refractivity contribution in [3.05, 3.63) is 89.5 Å². The summed E-state index contributed by atoms with van der Waals surface area (Å²) in [5.74, 6) is 1.40. The van der Waals surface area contributed by atoms with Gasteiger partial charge in [-0.1, -0.05) is 56.2 Å². The van der Waals surface area contributed by atoms with Crippen LogP contribution in [-0.2, 0) is 6.61 Å². The Kier molecular flexibility index (Phi) is 7.01. The molecule has 1 fully saturated rings. The Bertz CT molecular complexity index is 971. The molecule has 0 aliphatic heterocycles. The van der Waals surface area contributed by atoms with Crippen molar-refractivity contribution < 1.29 is 13.5 Å². The molecule has 31 heavy (non-hydrogen) atoms. The van der Waals surface area contributed by atoms with Crippen molar-refractivity contribution >= 4 is 0 Å². The summed E-state index contributed by atoms with van der Waals surface area (Å²) in [6.45, 7) is 2.54. The van der Waals surface area contributed by atoms with Crippen LogP contribution in [0.1, 0.15) is 62.5 Å². The molecule has 0 bridgehead atoms. The molecule has 0 amide bonds. The molecule has 1 aliphatic rings. The smallest absolute Gasteiger partial charge is 0.127 e. The Morgan fingerprint density at radius 3 is 2.16 bits per heavy atom. The summed E-state index contributed by atoms with van der Waals surface area (Å²) >= 11 is 0. The first-order chi connectivity index (χ1) is 15.1. The number of hydrogen-bond donors (Lipinski definition) is 0. The molecular weight excluding hydrogens is 390 g/mol. The molecule has 0 unspecified atom stereocenters. The van der Waals surface area contributed by atoms with Crippen LogP contribution in [0.15, 0.2) is 66.7 Å². The molecule has 1 saturated carbocycles. The number of rotatable bonds is 7. The Hall–Kier alpha value is -2.68. The van der Waals surface area contributed by atoms with Crippen LogP contribution in [0.2, 0.25) is 0 Å². The second-order valence-electron chi connectivity index (χ2n) is 8.72. The van der Waals surface area contributed by atoms with Gasteiger partial charge in [0.15, 0.2) is 0 Å². The lowest BCUT2D eigenvalue weighted by atomic mass is 9.77. The topological polar surface area (TPSA) is 9.23 Å². The van der Waals surface area contributed by atoms with Crippen molar-refractivity contribution in [2.24, 2.45) is 5.92 Å². The molecule has 162 valence electrons. The minimum Gasteiger partial charge on any atom is -0.489 e. The Morgan fingerprint density at radius 2 is 1.48 bits per heavy atom. The van der Waals surface area contributed by atoms with E-state index in [1.165, 1.54) is 68.4 Å². The molecule has 3 aromatic carbocycles. The van der Waals surface area contributed by atoms with Gasteiger partial charge in [0.2, 0.25) is 0 Å². The van der Waals surface area contributed by atoms with Gasteiger partial charge in [-0.05, 0) is 84.0 Å². The molecular formula is C28H30F2O. The fourth-order valence-corrected chi connectivity index (χ4v) is 4.70. The highest BCUT2D eigenvalue weighted by Gasteiger charge is 2.21. The maximum Gasteiger partial charge on any atom is 0.127 e. The molecule has 0 atom stereocenters. The SMILES string of the molecule is CCCC1CCC(c2ccc(-c3cc(F)cc(OCc4ccc(F)cc4)c3)cc2)CC1. The number of halogens is 2. The van der Waals surface area contributed by atoms with E-state index in [1.54, 1.807) is 12.1 Å². The largest absolute Gasteiger partial charge is 0.489 e. The van der Waals surface area contributed by atoms with Crippen molar-refractivity contribution in [2.75, 3.05) is 0 Å². The minimum atomic E-state index is -0.329. The van der Waals surface area contributed by atoms with Gasteiger partial charge in [-0.25, -0.2) is 8.78 Å². The molecule has 3 heteroatoms. The van der Waals surface area contributed by atoms with Gasteiger partial charge in [-0.15, -0.1) is 0 Å². The fraction of sp³-hybridized carbons (Fsp3) is 0.357. The van der Waals surface area contributed by atoms with Crippen molar-refractivity contribution in [1.29, 1.82) is 0 Å². The van der Waals surface area contributed by atoms with Crippen molar-refractivity contribution in [3.63, 3.8) is 0 Å². The van der Waals surface area contributed by atoms with Crippen LogP contribution in [0.5, 0.6) is 5.75 Å². The van der Waals surface area contributed by atoms with Crippen LogP contribution >= 0.6 is 0 Å². The number of ether oxygens (including phenoxy) is 1. The average molecular weight is 421 g/mol. The summed E-state index contributed by atoms with van der Waals surface area (Å²) in [6, 6.07) is 19.5. The molecule has 0 radical (unpaired) electrons. The summed E-state index contributed by atoms with van der Waals surface area (Å²) in [7, 11) is 0. The molecule has 1 aliphatic carbocycles. The lowest BCUT2D eigenvalue weighted by Crippen LogP contribution is -2.13. The van der Waals surface area contributed by atoms with Crippen molar-refractivity contribution in [1.82, 2.24) is 0 Å². The molecule has 0 saturated heterocycles. The highest BCUT2D eigenvalue weighted by molar-refractivity contribution is 5.65. The Morgan fingerprint density at radius 1 is 0.774 bits per heavy atom. The summed E-state index contributed by atoms with van der Waals surface area (Å²) in [5, 5.41) is 0. The first-order valence-electron chi connectivity index (χ1n) is 11.4.